The summed E-state index contributed by atoms with van der Waals surface area (Å²) in [6, 6.07) is 7.37. The molecule has 0 bridgehead atoms. The Kier molecular flexibility index (Phi) is 7.99. The number of rotatable bonds is 5. The van der Waals surface area contributed by atoms with Gasteiger partial charge in [0.2, 0.25) is 0 Å². The molecule has 0 fully saturated rings. The third-order valence-corrected chi connectivity index (χ3v) is 2.83. The third kappa shape index (κ3) is 5.93. The maximum atomic E-state index is 11.5. The minimum absolute atomic E-state index is 0. The van der Waals surface area contributed by atoms with Gasteiger partial charge >= 0.3 is 5.97 Å². The van der Waals surface area contributed by atoms with Crippen LogP contribution in [0.5, 0.6) is 0 Å². The van der Waals surface area contributed by atoms with Crippen molar-refractivity contribution in [3.05, 3.63) is 35.4 Å². The number of nitrogens with two attached hydrogens (primary N) is 1. The molecule has 1 rings (SSSR count). The van der Waals surface area contributed by atoms with Crippen molar-refractivity contribution >= 4 is 17.7 Å². The van der Waals surface area contributed by atoms with Gasteiger partial charge in [0, 0.05) is 5.75 Å². The zero-order chi connectivity index (χ0) is 12.0. The molecule has 0 aliphatic rings. The molecule has 0 radical (unpaired) electrons. The topological polar surface area (TPSA) is 80.0 Å². The van der Waals surface area contributed by atoms with E-state index < -0.39 is 0 Å². The smallest absolute Gasteiger partial charge is 0.338 e. The van der Waals surface area contributed by atoms with Crippen LogP contribution < -0.4 is 23.9 Å². The maximum absolute atomic E-state index is 11.5. The van der Waals surface area contributed by atoms with Crippen molar-refractivity contribution in [2.24, 2.45) is 5.73 Å². The molecule has 17 heavy (non-hydrogen) atoms. The van der Waals surface area contributed by atoms with Gasteiger partial charge in [-0.2, -0.15) is 0 Å². The van der Waals surface area contributed by atoms with Crippen LogP contribution in [0, 0.1) is 0 Å². The molecular formula is C11H17ClN2O2S. The van der Waals surface area contributed by atoms with E-state index in [0.29, 0.717) is 12.2 Å². The molecule has 1 aromatic rings. The minimum atomic E-state index is -0.284. The highest BCUT2D eigenvalue weighted by Crippen LogP contribution is 2.14. The molecule has 1 aromatic carbocycles. The van der Waals surface area contributed by atoms with Crippen molar-refractivity contribution < 1.29 is 27.7 Å². The number of ether oxygens (including phenoxy) is 1. The second kappa shape index (κ2) is 8.36. The van der Waals surface area contributed by atoms with Crippen LogP contribution in [-0.2, 0) is 10.5 Å². The predicted molar refractivity (Wildman–Crippen MR) is 64.6 cm³/mol. The van der Waals surface area contributed by atoms with E-state index in [1.807, 2.05) is 18.2 Å². The van der Waals surface area contributed by atoms with Gasteiger partial charge in [-0.05, 0) is 24.6 Å². The van der Waals surface area contributed by atoms with Crippen LogP contribution in [0.4, 0.5) is 0 Å². The number of benzene rings is 1. The average Bonchev–Trinajstić information content (AvgIpc) is 2.27. The number of halogens is 1. The van der Waals surface area contributed by atoms with Crippen molar-refractivity contribution in [1.29, 1.82) is 0 Å². The lowest BCUT2D eigenvalue weighted by Gasteiger charge is -2.05. The van der Waals surface area contributed by atoms with E-state index in [4.69, 9.17) is 10.5 Å². The van der Waals surface area contributed by atoms with Crippen molar-refractivity contribution in [2.45, 2.75) is 18.2 Å². The molecule has 1 atom stereocenters. The van der Waals surface area contributed by atoms with Gasteiger partial charge in [0.15, 0.2) is 5.50 Å². The highest BCUT2D eigenvalue weighted by molar-refractivity contribution is 7.98. The predicted octanol–water partition coefficient (Wildman–Crippen LogP) is -2.42. The summed E-state index contributed by atoms with van der Waals surface area (Å²) in [5.74, 6) is 0.464. The van der Waals surface area contributed by atoms with E-state index >= 15 is 0 Å². The highest BCUT2D eigenvalue weighted by Gasteiger charge is 2.07. The number of carbonyl (C=O) groups is 1. The standard InChI is InChI=1S/C11H16N2O2S.ClH/c1-2-15-10(14)9-5-3-4-8(6-9)7-16-11(12)13;/h3-6,11H,2,7,12-13H2,1H3;1H. The molecular weight excluding hydrogens is 260 g/mol. The zero-order valence-corrected chi connectivity index (χ0v) is 11.3. The minimum Gasteiger partial charge on any atom is -1.00 e. The fourth-order valence-corrected chi connectivity index (χ4v) is 1.79. The summed E-state index contributed by atoms with van der Waals surface area (Å²) in [6.45, 7) is 2.18. The quantitative estimate of drug-likeness (QED) is 0.464. The van der Waals surface area contributed by atoms with Gasteiger partial charge in [0.1, 0.15) is 0 Å². The number of thioether (sulfide) groups is 1. The van der Waals surface area contributed by atoms with Gasteiger partial charge in [0.25, 0.3) is 0 Å². The summed E-state index contributed by atoms with van der Waals surface area (Å²) in [6.07, 6.45) is 0. The van der Waals surface area contributed by atoms with E-state index in [0.717, 1.165) is 11.3 Å². The Morgan fingerprint density at radius 3 is 2.88 bits per heavy atom. The van der Waals surface area contributed by atoms with E-state index in [1.165, 1.54) is 11.8 Å². The molecule has 0 spiro atoms. The number of quaternary nitrogens is 1. The second-order valence-corrected chi connectivity index (χ2v) is 4.50. The summed E-state index contributed by atoms with van der Waals surface area (Å²) in [4.78, 5) is 11.5. The van der Waals surface area contributed by atoms with Crippen LogP contribution in [0.2, 0.25) is 0 Å². The summed E-state index contributed by atoms with van der Waals surface area (Å²) in [7, 11) is 0. The first kappa shape index (κ1) is 16.2. The molecule has 0 aromatic heterocycles. The van der Waals surface area contributed by atoms with E-state index in [1.54, 1.807) is 13.0 Å². The maximum Gasteiger partial charge on any atom is 0.338 e. The lowest BCUT2D eigenvalue weighted by Crippen LogP contribution is -3.00. The van der Waals surface area contributed by atoms with Crippen LogP contribution in [0.25, 0.3) is 0 Å². The number of hydrogen-bond donors (Lipinski definition) is 2. The first-order valence-electron chi connectivity index (χ1n) is 5.09. The summed E-state index contributed by atoms with van der Waals surface area (Å²) < 4.78 is 4.93. The molecule has 0 heterocycles. The number of esters is 1. The average molecular weight is 277 g/mol. The van der Waals surface area contributed by atoms with Gasteiger partial charge in [-0.1, -0.05) is 23.9 Å². The molecule has 0 aliphatic heterocycles. The molecule has 6 heteroatoms. The largest absolute Gasteiger partial charge is 1.00 e. The molecule has 0 aliphatic carbocycles. The van der Waals surface area contributed by atoms with Gasteiger partial charge in [-0.15, -0.1) is 0 Å². The van der Waals surface area contributed by atoms with E-state index in [2.05, 4.69) is 5.73 Å². The lowest BCUT2D eigenvalue weighted by atomic mass is 10.1. The third-order valence-electron chi connectivity index (χ3n) is 1.90. The van der Waals surface area contributed by atoms with Gasteiger partial charge in [-0.3, -0.25) is 5.73 Å². The first-order valence-corrected chi connectivity index (χ1v) is 6.14. The molecule has 96 valence electrons. The van der Waals surface area contributed by atoms with Crippen LogP contribution in [0.3, 0.4) is 0 Å². The zero-order valence-electron chi connectivity index (χ0n) is 9.69. The summed E-state index contributed by atoms with van der Waals surface area (Å²) in [5, 5.41) is 0. The van der Waals surface area contributed by atoms with Crippen LogP contribution in [-0.4, -0.2) is 18.1 Å². The number of hydrogen-bond acceptors (Lipinski definition) is 4. The van der Waals surface area contributed by atoms with Crippen LogP contribution >= 0.6 is 11.8 Å². The SMILES string of the molecule is CCOC(=O)c1cccc(CSC(N)[NH3+])c1.[Cl-]. The molecule has 1 unspecified atom stereocenters. The van der Waals surface area contributed by atoms with Crippen molar-refractivity contribution in [2.75, 3.05) is 6.61 Å². The van der Waals surface area contributed by atoms with Gasteiger partial charge < -0.3 is 22.9 Å². The Labute approximate surface area is 111 Å². The lowest BCUT2D eigenvalue weighted by molar-refractivity contribution is -0.384. The normalized spacial score (nSPS) is 11.5. The number of carbonyl (C=O) groups excluding carboxylic acids is 1. The van der Waals surface area contributed by atoms with Crippen molar-refractivity contribution in [3.63, 3.8) is 0 Å². The van der Waals surface area contributed by atoms with Gasteiger partial charge in [-0.25, -0.2) is 4.79 Å². The van der Waals surface area contributed by atoms with Crippen molar-refractivity contribution in [3.8, 4) is 0 Å². The van der Waals surface area contributed by atoms with Crippen LogP contribution in [0.1, 0.15) is 22.8 Å². The first-order chi connectivity index (χ1) is 7.63. The fraction of sp³-hybridized carbons (Fsp3) is 0.364. The molecule has 0 saturated carbocycles. The summed E-state index contributed by atoms with van der Waals surface area (Å²) in [5.41, 5.74) is 10.7. The monoisotopic (exact) mass is 276 g/mol. The Bertz CT molecular complexity index is 361. The van der Waals surface area contributed by atoms with Crippen LogP contribution in [0.15, 0.2) is 24.3 Å². The van der Waals surface area contributed by atoms with E-state index in [-0.39, 0.29) is 23.9 Å². The highest BCUT2D eigenvalue weighted by atomic mass is 35.5. The Hall–Kier alpha value is -0.750. The summed E-state index contributed by atoms with van der Waals surface area (Å²) >= 11 is 1.53. The van der Waals surface area contributed by atoms with Crippen molar-refractivity contribution in [1.82, 2.24) is 0 Å². The van der Waals surface area contributed by atoms with Gasteiger partial charge in [0.05, 0.1) is 12.2 Å². The second-order valence-electron chi connectivity index (χ2n) is 3.27. The Balaban J connectivity index is 0.00000256. The molecule has 0 amide bonds. The van der Waals surface area contributed by atoms with E-state index in [9.17, 15) is 4.79 Å². The fourth-order valence-electron chi connectivity index (χ4n) is 1.21. The Morgan fingerprint density at radius 1 is 1.59 bits per heavy atom. The molecule has 0 saturated heterocycles. The Morgan fingerprint density at radius 2 is 2.29 bits per heavy atom. The molecule has 5 N–H and O–H groups in total. The molecule has 4 nitrogen and oxygen atoms in total.